The van der Waals surface area contributed by atoms with Crippen molar-refractivity contribution in [3.8, 4) is 27.9 Å². The molecule has 0 saturated carbocycles. The number of amidine groups is 1. The van der Waals surface area contributed by atoms with Gasteiger partial charge in [0, 0.05) is 49.1 Å². The van der Waals surface area contributed by atoms with Crippen LogP contribution in [0.1, 0.15) is 29.0 Å². The number of nitrogens with zero attached hydrogens (tertiary/aromatic N) is 2. The molecule has 9 aromatic carbocycles. The van der Waals surface area contributed by atoms with Crippen LogP contribution in [0.5, 0.6) is 0 Å². The van der Waals surface area contributed by atoms with Crippen molar-refractivity contribution in [1.82, 2.24) is 15.2 Å². The van der Waals surface area contributed by atoms with Gasteiger partial charge in [0.1, 0.15) is 40.5 Å². The van der Waals surface area contributed by atoms with Crippen LogP contribution in [0.15, 0.2) is 220 Å². The SMILES string of the molecule is c1ccc(C2=NC(c3ccc4c(c3)oc3c(-c5ccc6c7cc(-c8ccccc8)ccc7n(-c7ccccc7)c6c5)cccc34)NC(c3ccc4c(c3)oc3ccccc34)N2)cc1. The summed E-state index contributed by atoms with van der Waals surface area (Å²) in [4.78, 5) is 5.25. The first-order valence-electron chi connectivity index (χ1n) is 21.4. The monoisotopic (exact) mass is 810 g/mol. The minimum absolute atomic E-state index is 0.232. The van der Waals surface area contributed by atoms with Gasteiger partial charge in [-0.3, -0.25) is 5.32 Å². The fourth-order valence-electron chi connectivity index (χ4n) is 9.63. The molecule has 0 spiro atoms. The van der Waals surface area contributed by atoms with Gasteiger partial charge in [0.15, 0.2) is 0 Å². The Kier molecular flexibility index (Phi) is 8.01. The molecule has 6 heteroatoms. The number of benzene rings is 9. The molecule has 13 rings (SSSR count). The van der Waals surface area contributed by atoms with Crippen LogP contribution < -0.4 is 10.6 Å². The maximum absolute atomic E-state index is 6.91. The number of para-hydroxylation sites is 3. The van der Waals surface area contributed by atoms with Crippen LogP contribution in [0.3, 0.4) is 0 Å². The summed E-state index contributed by atoms with van der Waals surface area (Å²) in [6.45, 7) is 0. The Morgan fingerprint density at radius 1 is 0.413 bits per heavy atom. The number of aromatic nitrogens is 1. The summed E-state index contributed by atoms with van der Waals surface area (Å²) in [5.74, 6) is 0.820. The maximum Gasteiger partial charge on any atom is 0.143 e. The number of hydrogen-bond acceptors (Lipinski definition) is 5. The molecule has 2 unspecified atom stereocenters. The van der Waals surface area contributed by atoms with E-state index in [4.69, 9.17) is 13.8 Å². The standard InChI is InChI=1S/C57H38N4O2/c1-4-13-35(14-5-1)37-26-30-49-48(31-37)43-27-23-38(32-50(43)61(49)41-17-8-3-9-18-41)42-20-12-21-47-46-29-25-40(34-53(46)63-54(42)47)57-59-55(36-15-6-2-7-16-36)58-56(60-57)39-24-28-45-44-19-10-11-22-51(44)62-52(45)33-39/h1-34,56-57,60H,(H,58,59). The Morgan fingerprint density at radius 2 is 1.06 bits per heavy atom. The highest BCUT2D eigenvalue weighted by molar-refractivity contribution is 6.14. The largest absolute Gasteiger partial charge is 0.456 e. The zero-order valence-corrected chi connectivity index (χ0v) is 34.0. The molecular weight excluding hydrogens is 773 g/mol. The van der Waals surface area contributed by atoms with Crippen molar-refractivity contribution in [2.24, 2.45) is 4.99 Å². The molecule has 0 saturated heterocycles. The van der Waals surface area contributed by atoms with Crippen LogP contribution >= 0.6 is 0 Å². The summed E-state index contributed by atoms with van der Waals surface area (Å²) in [5, 5.41) is 14.3. The van der Waals surface area contributed by atoms with E-state index in [0.29, 0.717) is 0 Å². The van der Waals surface area contributed by atoms with Gasteiger partial charge in [0.2, 0.25) is 0 Å². The molecule has 1 aliphatic rings. The first-order valence-corrected chi connectivity index (χ1v) is 21.4. The van der Waals surface area contributed by atoms with E-state index in [-0.39, 0.29) is 12.3 Å². The second-order valence-corrected chi connectivity index (χ2v) is 16.4. The first kappa shape index (κ1) is 35.6. The summed E-state index contributed by atoms with van der Waals surface area (Å²) in [5.41, 5.74) is 14.5. The average Bonchev–Trinajstić information content (AvgIpc) is 4.03. The van der Waals surface area contributed by atoms with Gasteiger partial charge in [0.05, 0.1) is 11.0 Å². The van der Waals surface area contributed by atoms with Crippen LogP contribution in [0, 0.1) is 0 Å². The second kappa shape index (κ2) is 14.2. The van der Waals surface area contributed by atoms with Crippen molar-refractivity contribution in [3.63, 3.8) is 0 Å². The number of fused-ring (bicyclic) bond motifs is 9. The topological polar surface area (TPSA) is 67.6 Å². The lowest BCUT2D eigenvalue weighted by Gasteiger charge is -2.32. The highest BCUT2D eigenvalue weighted by Gasteiger charge is 2.27. The molecule has 2 N–H and O–H groups in total. The summed E-state index contributed by atoms with van der Waals surface area (Å²) in [6.07, 6.45) is -0.579. The Balaban J connectivity index is 0.911. The van der Waals surface area contributed by atoms with E-state index in [1.807, 2.05) is 30.3 Å². The molecule has 0 radical (unpaired) electrons. The quantitative estimate of drug-likeness (QED) is 0.176. The van der Waals surface area contributed by atoms with E-state index < -0.39 is 0 Å². The van der Waals surface area contributed by atoms with Crippen LogP contribution in [-0.4, -0.2) is 10.4 Å². The van der Waals surface area contributed by atoms with Crippen molar-refractivity contribution >= 4 is 71.5 Å². The van der Waals surface area contributed by atoms with Crippen LogP contribution in [0.4, 0.5) is 0 Å². The average molecular weight is 811 g/mol. The molecule has 0 amide bonds. The van der Waals surface area contributed by atoms with Crippen molar-refractivity contribution in [2.75, 3.05) is 0 Å². The number of aliphatic imine (C=N–C) groups is 1. The predicted molar refractivity (Wildman–Crippen MR) is 257 cm³/mol. The second-order valence-electron chi connectivity index (χ2n) is 16.4. The van der Waals surface area contributed by atoms with E-state index in [9.17, 15) is 0 Å². The zero-order valence-electron chi connectivity index (χ0n) is 34.0. The van der Waals surface area contributed by atoms with Crippen LogP contribution in [-0.2, 0) is 0 Å². The smallest absolute Gasteiger partial charge is 0.143 e. The maximum atomic E-state index is 6.91. The molecule has 0 bridgehead atoms. The van der Waals surface area contributed by atoms with Gasteiger partial charge in [-0.25, -0.2) is 4.99 Å². The van der Waals surface area contributed by atoms with E-state index in [1.165, 1.54) is 27.4 Å². The van der Waals surface area contributed by atoms with Gasteiger partial charge in [0.25, 0.3) is 0 Å². The summed E-state index contributed by atoms with van der Waals surface area (Å²) >= 11 is 0. The van der Waals surface area contributed by atoms with Crippen LogP contribution in [0.25, 0.3) is 93.6 Å². The van der Waals surface area contributed by atoms with Gasteiger partial charge in [-0.1, -0.05) is 158 Å². The molecule has 1 aliphatic heterocycles. The fourth-order valence-corrected chi connectivity index (χ4v) is 9.63. The summed E-state index contributed by atoms with van der Waals surface area (Å²) in [6, 6.07) is 72.8. The van der Waals surface area contributed by atoms with E-state index in [2.05, 4.69) is 191 Å². The minimum atomic E-state index is -0.348. The van der Waals surface area contributed by atoms with Crippen molar-refractivity contribution in [1.29, 1.82) is 0 Å². The lowest BCUT2D eigenvalue weighted by molar-refractivity contribution is 0.409. The Bertz CT molecular complexity index is 3750. The molecule has 12 aromatic rings. The van der Waals surface area contributed by atoms with Gasteiger partial charge >= 0.3 is 0 Å². The third-order valence-corrected chi connectivity index (χ3v) is 12.7. The van der Waals surface area contributed by atoms with E-state index in [1.54, 1.807) is 0 Å². The zero-order chi connectivity index (χ0) is 41.4. The molecule has 0 fully saturated rings. The highest BCUT2D eigenvalue weighted by Crippen LogP contribution is 2.41. The minimum Gasteiger partial charge on any atom is -0.456 e. The molecular formula is C57H38N4O2. The number of hydrogen-bond donors (Lipinski definition) is 2. The first-order chi connectivity index (χ1) is 31.2. The van der Waals surface area contributed by atoms with Gasteiger partial charge in [-0.15, -0.1) is 0 Å². The highest BCUT2D eigenvalue weighted by atomic mass is 16.3. The van der Waals surface area contributed by atoms with Gasteiger partial charge in [-0.05, 0) is 76.3 Å². The lowest BCUT2D eigenvalue weighted by atomic mass is 9.99. The molecule has 0 aliphatic carbocycles. The number of furan rings is 2. The summed E-state index contributed by atoms with van der Waals surface area (Å²) in [7, 11) is 0. The Hall–Kier alpha value is -8.19. The third-order valence-electron chi connectivity index (χ3n) is 12.7. The van der Waals surface area contributed by atoms with Gasteiger partial charge < -0.3 is 18.7 Å². The molecule has 3 aromatic heterocycles. The van der Waals surface area contributed by atoms with Crippen molar-refractivity contribution in [2.45, 2.75) is 12.3 Å². The fraction of sp³-hybridized carbons (Fsp3) is 0.0351. The van der Waals surface area contributed by atoms with E-state index >= 15 is 0 Å². The van der Waals surface area contributed by atoms with Crippen molar-refractivity contribution in [3.05, 3.63) is 223 Å². The van der Waals surface area contributed by atoms with Gasteiger partial charge in [-0.2, -0.15) is 0 Å². The molecule has 6 nitrogen and oxygen atoms in total. The van der Waals surface area contributed by atoms with E-state index in [0.717, 1.165) is 88.7 Å². The number of rotatable bonds is 6. The molecule has 298 valence electrons. The molecule has 2 atom stereocenters. The predicted octanol–water partition coefficient (Wildman–Crippen LogP) is 14.3. The summed E-state index contributed by atoms with van der Waals surface area (Å²) < 4.78 is 15.6. The normalized spacial score (nSPS) is 15.5. The molecule has 4 heterocycles. The number of nitrogens with one attached hydrogen (secondary N) is 2. The Morgan fingerprint density at radius 3 is 1.90 bits per heavy atom. The third kappa shape index (κ3) is 5.87. The van der Waals surface area contributed by atoms with Crippen molar-refractivity contribution < 1.29 is 8.83 Å². The Labute approximate surface area is 362 Å². The molecule has 63 heavy (non-hydrogen) atoms. The van der Waals surface area contributed by atoms with Crippen LogP contribution in [0.2, 0.25) is 0 Å². The lowest BCUT2D eigenvalue weighted by Crippen LogP contribution is -2.44.